The van der Waals surface area contributed by atoms with Gasteiger partial charge < -0.3 is 9.73 Å². The number of nitrogens with one attached hydrogen (secondary N) is 1. The van der Waals surface area contributed by atoms with Crippen LogP contribution in [0.1, 0.15) is 5.56 Å². The quantitative estimate of drug-likeness (QED) is 0.467. The van der Waals surface area contributed by atoms with E-state index in [9.17, 15) is 18.0 Å². The van der Waals surface area contributed by atoms with Crippen molar-refractivity contribution in [2.75, 3.05) is 11.1 Å². The number of aromatic nitrogens is 4. The van der Waals surface area contributed by atoms with Crippen LogP contribution in [0.3, 0.4) is 0 Å². The Morgan fingerprint density at radius 2 is 1.97 bits per heavy atom. The molecule has 0 unspecified atom stereocenters. The van der Waals surface area contributed by atoms with Crippen molar-refractivity contribution in [3.05, 3.63) is 60.4 Å². The number of benzene rings is 1. The van der Waals surface area contributed by atoms with Gasteiger partial charge in [0, 0.05) is 23.3 Å². The first-order chi connectivity index (χ1) is 14.4. The molecule has 0 spiro atoms. The molecular formula is C19H12F3N5O2S. The van der Waals surface area contributed by atoms with Crippen LogP contribution in [0.25, 0.3) is 22.4 Å². The van der Waals surface area contributed by atoms with E-state index in [4.69, 9.17) is 4.42 Å². The van der Waals surface area contributed by atoms with Crippen LogP contribution in [-0.2, 0) is 11.0 Å². The van der Waals surface area contributed by atoms with Gasteiger partial charge in [-0.15, -0.1) is 10.2 Å². The van der Waals surface area contributed by atoms with Crippen LogP contribution in [0.5, 0.6) is 0 Å². The molecule has 0 saturated carbocycles. The second kappa shape index (κ2) is 8.11. The Morgan fingerprint density at radius 1 is 1.10 bits per heavy atom. The highest BCUT2D eigenvalue weighted by atomic mass is 32.2. The molecule has 0 saturated heterocycles. The summed E-state index contributed by atoms with van der Waals surface area (Å²) < 4.78 is 43.2. The van der Waals surface area contributed by atoms with Crippen LogP contribution in [-0.4, -0.2) is 31.8 Å². The van der Waals surface area contributed by atoms with Crippen molar-refractivity contribution in [3.8, 4) is 11.5 Å². The summed E-state index contributed by atoms with van der Waals surface area (Å²) in [6.45, 7) is 0. The first kappa shape index (κ1) is 19.8. The number of anilines is 1. The highest BCUT2D eigenvalue weighted by Crippen LogP contribution is 2.29. The number of halogens is 3. The fraction of sp³-hybridized carbons (Fsp3) is 0.105. The molecule has 3 heterocycles. The summed E-state index contributed by atoms with van der Waals surface area (Å²) in [5, 5.41) is 11.4. The Kier molecular flexibility index (Phi) is 5.36. The molecule has 4 rings (SSSR count). The van der Waals surface area contributed by atoms with Crippen molar-refractivity contribution in [2.24, 2.45) is 0 Å². The van der Waals surface area contributed by atoms with Crippen LogP contribution in [0, 0.1) is 0 Å². The fourth-order valence-electron chi connectivity index (χ4n) is 2.54. The first-order valence-electron chi connectivity index (χ1n) is 8.53. The van der Waals surface area contributed by atoms with Crippen molar-refractivity contribution in [1.82, 2.24) is 20.2 Å². The van der Waals surface area contributed by atoms with E-state index in [-0.39, 0.29) is 16.8 Å². The van der Waals surface area contributed by atoms with E-state index in [0.717, 1.165) is 34.8 Å². The van der Waals surface area contributed by atoms with E-state index in [1.807, 2.05) is 24.3 Å². The number of nitrogens with zero attached hydrogens (tertiary/aromatic N) is 4. The molecule has 1 aromatic carbocycles. The first-order valence-corrected chi connectivity index (χ1v) is 9.51. The van der Waals surface area contributed by atoms with Gasteiger partial charge in [-0.3, -0.25) is 9.78 Å². The summed E-state index contributed by atoms with van der Waals surface area (Å²) in [5.41, 5.74) is 0.662. The Hall–Kier alpha value is -3.47. The van der Waals surface area contributed by atoms with Gasteiger partial charge in [0.1, 0.15) is 5.82 Å². The summed E-state index contributed by atoms with van der Waals surface area (Å²) in [4.78, 5) is 19.8. The number of carbonyl (C=O) groups excluding carboxylic acids is 1. The van der Waals surface area contributed by atoms with Gasteiger partial charge in [-0.25, -0.2) is 4.98 Å². The lowest BCUT2D eigenvalue weighted by atomic mass is 10.1. The number of hydrogen-bond donors (Lipinski definition) is 1. The summed E-state index contributed by atoms with van der Waals surface area (Å²) in [7, 11) is 0. The Labute approximate surface area is 171 Å². The van der Waals surface area contributed by atoms with E-state index in [2.05, 4.69) is 25.5 Å². The summed E-state index contributed by atoms with van der Waals surface area (Å²) in [6, 6.07) is 11.2. The molecule has 30 heavy (non-hydrogen) atoms. The normalized spacial score (nSPS) is 11.6. The lowest BCUT2D eigenvalue weighted by Gasteiger charge is -2.07. The topological polar surface area (TPSA) is 93.8 Å². The zero-order valence-electron chi connectivity index (χ0n) is 15.1. The van der Waals surface area contributed by atoms with E-state index in [1.165, 1.54) is 0 Å². The Bertz CT molecular complexity index is 1190. The van der Waals surface area contributed by atoms with Gasteiger partial charge >= 0.3 is 6.18 Å². The maximum atomic E-state index is 12.5. The highest BCUT2D eigenvalue weighted by Gasteiger charge is 2.30. The highest BCUT2D eigenvalue weighted by molar-refractivity contribution is 7.99. The number of fused-ring (bicyclic) bond motifs is 1. The van der Waals surface area contributed by atoms with E-state index >= 15 is 0 Å². The number of pyridine rings is 2. The Balaban J connectivity index is 1.36. The molecule has 11 heteroatoms. The molecule has 0 atom stereocenters. The summed E-state index contributed by atoms with van der Waals surface area (Å²) in [5.74, 6) is -0.229. The van der Waals surface area contributed by atoms with Crippen molar-refractivity contribution < 1.29 is 22.4 Å². The van der Waals surface area contributed by atoms with Gasteiger partial charge in [0.05, 0.1) is 16.8 Å². The molecule has 0 radical (unpaired) electrons. The molecule has 0 fully saturated rings. The fourth-order valence-corrected chi connectivity index (χ4v) is 3.10. The van der Waals surface area contributed by atoms with E-state index in [0.29, 0.717) is 17.7 Å². The molecule has 0 aliphatic rings. The standard InChI is InChI=1S/C19H12F3N5O2S/c20-19(21,22)13-4-6-15(24-9-13)25-16(28)10-30-18-27-26-17(29-18)12-3-5-14-11(8-12)2-1-7-23-14/h1-9H,10H2,(H,24,25,28). The molecule has 0 aliphatic carbocycles. The summed E-state index contributed by atoms with van der Waals surface area (Å²) in [6.07, 6.45) is -2.12. The van der Waals surface area contributed by atoms with Crippen molar-refractivity contribution in [2.45, 2.75) is 11.4 Å². The monoisotopic (exact) mass is 431 g/mol. The zero-order valence-corrected chi connectivity index (χ0v) is 15.9. The van der Waals surface area contributed by atoms with Gasteiger partial charge in [0.2, 0.25) is 11.8 Å². The molecule has 1 N–H and O–H groups in total. The molecular weight excluding hydrogens is 419 g/mol. The van der Waals surface area contributed by atoms with Crippen molar-refractivity contribution in [3.63, 3.8) is 0 Å². The van der Waals surface area contributed by atoms with Gasteiger partial charge in [-0.1, -0.05) is 17.8 Å². The number of alkyl halides is 3. The predicted octanol–water partition coefficient (Wildman–Crippen LogP) is 4.43. The number of amides is 1. The van der Waals surface area contributed by atoms with Crippen LogP contribution in [0.2, 0.25) is 0 Å². The number of hydrogen-bond acceptors (Lipinski definition) is 7. The molecule has 0 bridgehead atoms. The van der Waals surface area contributed by atoms with Crippen molar-refractivity contribution >= 4 is 34.4 Å². The number of rotatable bonds is 5. The van der Waals surface area contributed by atoms with Crippen LogP contribution in [0.4, 0.5) is 19.0 Å². The molecule has 4 aromatic rings. The third kappa shape index (κ3) is 4.57. The van der Waals surface area contributed by atoms with E-state index in [1.54, 1.807) is 12.3 Å². The Morgan fingerprint density at radius 3 is 2.73 bits per heavy atom. The maximum Gasteiger partial charge on any atom is 0.417 e. The molecule has 7 nitrogen and oxygen atoms in total. The molecule has 0 aliphatic heterocycles. The maximum absolute atomic E-state index is 12.5. The lowest BCUT2D eigenvalue weighted by Crippen LogP contribution is -2.15. The third-order valence-corrected chi connectivity index (χ3v) is 4.76. The van der Waals surface area contributed by atoms with Crippen molar-refractivity contribution in [1.29, 1.82) is 0 Å². The predicted molar refractivity (Wildman–Crippen MR) is 104 cm³/mol. The van der Waals surface area contributed by atoms with Gasteiger partial charge in [-0.05, 0) is 36.4 Å². The smallest absolute Gasteiger partial charge is 0.411 e. The second-order valence-electron chi connectivity index (χ2n) is 6.05. The minimum atomic E-state index is -4.48. The van der Waals surface area contributed by atoms with Crippen LogP contribution >= 0.6 is 11.8 Å². The minimum Gasteiger partial charge on any atom is -0.411 e. The zero-order chi connectivity index (χ0) is 21.1. The molecule has 152 valence electrons. The molecule has 3 aromatic heterocycles. The van der Waals surface area contributed by atoms with Gasteiger partial charge in [0.25, 0.3) is 5.22 Å². The van der Waals surface area contributed by atoms with Gasteiger partial charge in [-0.2, -0.15) is 13.2 Å². The third-order valence-electron chi connectivity index (χ3n) is 3.94. The van der Waals surface area contributed by atoms with Crippen LogP contribution < -0.4 is 5.32 Å². The number of carbonyl (C=O) groups is 1. The number of thioether (sulfide) groups is 1. The SMILES string of the molecule is O=C(CSc1nnc(-c2ccc3ncccc3c2)o1)Nc1ccc(C(F)(F)F)cn1. The van der Waals surface area contributed by atoms with Gasteiger partial charge in [0.15, 0.2) is 0 Å². The second-order valence-corrected chi connectivity index (χ2v) is 6.98. The average Bonchev–Trinajstić information content (AvgIpc) is 3.21. The average molecular weight is 431 g/mol. The van der Waals surface area contributed by atoms with E-state index < -0.39 is 17.6 Å². The van der Waals surface area contributed by atoms with Crippen LogP contribution in [0.15, 0.2) is 64.5 Å². The summed E-state index contributed by atoms with van der Waals surface area (Å²) >= 11 is 1.00. The largest absolute Gasteiger partial charge is 0.417 e. The molecule has 1 amide bonds. The lowest BCUT2D eigenvalue weighted by molar-refractivity contribution is -0.137. The minimum absolute atomic E-state index is 0.0181.